The summed E-state index contributed by atoms with van der Waals surface area (Å²) in [5.74, 6) is 1.74. The van der Waals surface area contributed by atoms with Crippen molar-refractivity contribution in [1.82, 2.24) is 24.0 Å². The number of hydrogen-bond acceptors (Lipinski definition) is 7. The molecule has 1 aromatic carbocycles. The summed E-state index contributed by atoms with van der Waals surface area (Å²) >= 11 is 1.72. The number of sulfonamides is 1. The van der Waals surface area contributed by atoms with Crippen LogP contribution >= 0.6 is 11.8 Å². The molecule has 0 spiro atoms. The van der Waals surface area contributed by atoms with Crippen LogP contribution in [0.25, 0.3) is 0 Å². The Morgan fingerprint density at radius 3 is 2.56 bits per heavy atom. The quantitative estimate of drug-likeness (QED) is 0.461. The Kier molecular flexibility index (Phi) is 7.75. The second-order valence-corrected chi connectivity index (χ2v) is 11.6. The Labute approximate surface area is 195 Å². The molecule has 2 aromatic rings. The average molecular weight is 479 g/mol. The van der Waals surface area contributed by atoms with Gasteiger partial charge in [-0.05, 0) is 55.5 Å². The summed E-state index contributed by atoms with van der Waals surface area (Å²) in [7, 11) is 0.409. The van der Waals surface area contributed by atoms with Crippen molar-refractivity contribution < 1.29 is 8.42 Å². The van der Waals surface area contributed by atoms with Crippen molar-refractivity contribution in [3.63, 3.8) is 0 Å². The first-order chi connectivity index (χ1) is 15.5. The maximum Gasteiger partial charge on any atom is 0.243 e. The monoisotopic (exact) mass is 478 g/mol. The zero-order valence-corrected chi connectivity index (χ0v) is 20.7. The number of nitrogens with zero attached hydrogens (tertiary/aromatic N) is 5. The maximum atomic E-state index is 13.2. The smallest absolute Gasteiger partial charge is 0.243 e. The number of thioether (sulfide) groups is 1. The molecule has 4 rings (SSSR count). The van der Waals surface area contributed by atoms with E-state index < -0.39 is 10.0 Å². The lowest BCUT2D eigenvalue weighted by Crippen LogP contribution is -2.33. The van der Waals surface area contributed by atoms with Crippen LogP contribution in [0.15, 0.2) is 28.3 Å². The lowest BCUT2D eigenvalue weighted by Gasteiger charge is -2.29. The second-order valence-electron chi connectivity index (χ2n) is 8.59. The molecule has 10 heteroatoms. The highest BCUT2D eigenvalue weighted by Crippen LogP contribution is 2.26. The third-order valence-corrected chi connectivity index (χ3v) is 9.38. The van der Waals surface area contributed by atoms with Crippen LogP contribution < -0.4 is 5.32 Å². The highest BCUT2D eigenvalue weighted by atomic mass is 32.2. The van der Waals surface area contributed by atoms with Gasteiger partial charge in [-0.1, -0.05) is 30.7 Å². The Bertz CT molecular complexity index is 1020. The molecule has 0 atom stereocenters. The van der Waals surface area contributed by atoms with E-state index in [-0.39, 0.29) is 0 Å². The SMILES string of the molecule is CNc1nnc(SCCCN2CCc3ccc(S(=O)(=O)N4CCCCCC4)cc3C2)n1C. The topological polar surface area (TPSA) is 83.4 Å². The minimum atomic E-state index is -3.40. The molecule has 0 radical (unpaired) electrons. The van der Waals surface area contributed by atoms with Crippen molar-refractivity contribution in [3.05, 3.63) is 29.3 Å². The predicted molar refractivity (Wildman–Crippen MR) is 129 cm³/mol. The summed E-state index contributed by atoms with van der Waals surface area (Å²) in [6.07, 6.45) is 6.18. The van der Waals surface area contributed by atoms with Crippen LogP contribution in [0.3, 0.4) is 0 Å². The summed E-state index contributed by atoms with van der Waals surface area (Å²) in [5.41, 5.74) is 2.44. The molecule has 1 saturated heterocycles. The molecule has 0 aliphatic carbocycles. The van der Waals surface area contributed by atoms with Crippen LogP contribution in [-0.4, -0.2) is 71.4 Å². The third kappa shape index (κ3) is 5.30. The highest BCUT2D eigenvalue weighted by molar-refractivity contribution is 7.99. The molecule has 176 valence electrons. The van der Waals surface area contributed by atoms with Crippen molar-refractivity contribution in [2.45, 2.75) is 55.1 Å². The standard InChI is InChI=1S/C22H34N6O2S2/c1-23-21-24-25-22(26(21)2)31-15-7-11-27-14-10-18-8-9-20(16-19(18)17-27)32(29,30)28-12-5-3-4-6-13-28/h8-9,16H,3-7,10-15,17H2,1-2H3,(H,23,24). The zero-order chi connectivity index (χ0) is 22.6. The van der Waals surface area contributed by atoms with Crippen LogP contribution in [-0.2, 0) is 30.0 Å². The van der Waals surface area contributed by atoms with Crippen LogP contribution in [0.5, 0.6) is 0 Å². The maximum absolute atomic E-state index is 13.2. The lowest BCUT2D eigenvalue weighted by molar-refractivity contribution is 0.255. The van der Waals surface area contributed by atoms with E-state index in [1.165, 1.54) is 5.56 Å². The van der Waals surface area contributed by atoms with Gasteiger partial charge in [0.15, 0.2) is 5.16 Å². The predicted octanol–water partition coefficient (Wildman–Crippen LogP) is 2.96. The fourth-order valence-electron chi connectivity index (χ4n) is 4.48. The first-order valence-corrected chi connectivity index (χ1v) is 14.0. The second kappa shape index (κ2) is 10.5. The van der Waals surface area contributed by atoms with Gasteiger partial charge in [0.25, 0.3) is 0 Å². The normalized spacial score (nSPS) is 18.3. The van der Waals surface area contributed by atoms with E-state index in [9.17, 15) is 8.42 Å². The Balaban J connectivity index is 1.34. The van der Waals surface area contributed by atoms with Gasteiger partial charge in [0.1, 0.15) is 0 Å². The first kappa shape index (κ1) is 23.5. The molecule has 0 bridgehead atoms. The van der Waals surface area contributed by atoms with Gasteiger partial charge in [0.2, 0.25) is 16.0 Å². The summed E-state index contributed by atoms with van der Waals surface area (Å²) in [5, 5.41) is 12.3. The van der Waals surface area contributed by atoms with Gasteiger partial charge in [-0.25, -0.2) is 8.42 Å². The van der Waals surface area contributed by atoms with E-state index in [0.29, 0.717) is 18.0 Å². The molecule has 32 heavy (non-hydrogen) atoms. The van der Waals surface area contributed by atoms with Gasteiger partial charge in [-0.2, -0.15) is 4.31 Å². The summed E-state index contributed by atoms with van der Waals surface area (Å²) in [6, 6.07) is 5.77. The van der Waals surface area contributed by atoms with Gasteiger partial charge in [0.05, 0.1) is 4.90 Å². The van der Waals surface area contributed by atoms with E-state index >= 15 is 0 Å². The third-order valence-electron chi connectivity index (χ3n) is 6.38. The zero-order valence-electron chi connectivity index (χ0n) is 19.1. The summed E-state index contributed by atoms with van der Waals surface area (Å²) < 4.78 is 30.0. The molecule has 0 unspecified atom stereocenters. The Hall–Kier alpha value is -1.62. The molecule has 1 N–H and O–H groups in total. The van der Waals surface area contributed by atoms with Crippen LogP contribution in [0.2, 0.25) is 0 Å². The number of nitrogens with one attached hydrogen (secondary N) is 1. The minimum Gasteiger partial charge on any atom is -0.357 e. The van der Waals surface area contributed by atoms with E-state index in [1.54, 1.807) is 16.1 Å². The molecule has 1 aromatic heterocycles. The molecule has 0 amide bonds. The first-order valence-electron chi connectivity index (χ1n) is 11.5. The largest absolute Gasteiger partial charge is 0.357 e. The fourth-order valence-corrected chi connectivity index (χ4v) is 6.89. The molecule has 0 saturated carbocycles. The van der Waals surface area contributed by atoms with Gasteiger partial charge >= 0.3 is 0 Å². The molecule has 2 aliphatic heterocycles. The van der Waals surface area contributed by atoms with Crippen molar-refractivity contribution in [1.29, 1.82) is 0 Å². The van der Waals surface area contributed by atoms with Gasteiger partial charge in [-0.15, -0.1) is 10.2 Å². The molecule has 2 aliphatic rings. The molecule has 3 heterocycles. The van der Waals surface area contributed by atoms with Crippen molar-refractivity contribution >= 4 is 27.7 Å². The fraction of sp³-hybridized carbons (Fsp3) is 0.636. The Morgan fingerprint density at radius 1 is 1.06 bits per heavy atom. The Morgan fingerprint density at radius 2 is 1.84 bits per heavy atom. The van der Waals surface area contributed by atoms with Crippen LogP contribution in [0.4, 0.5) is 5.95 Å². The molecular formula is C22H34N6O2S2. The summed E-state index contributed by atoms with van der Waals surface area (Å²) in [4.78, 5) is 2.89. The number of fused-ring (bicyclic) bond motifs is 1. The van der Waals surface area contributed by atoms with E-state index in [4.69, 9.17) is 0 Å². The van der Waals surface area contributed by atoms with Crippen LogP contribution in [0.1, 0.15) is 43.2 Å². The van der Waals surface area contributed by atoms with Crippen molar-refractivity contribution in [2.24, 2.45) is 7.05 Å². The molecular weight excluding hydrogens is 444 g/mol. The highest BCUT2D eigenvalue weighted by Gasteiger charge is 2.27. The van der Waals surface area contributed by atoms with Crippen molar-refractivity contribution in [3.8, 4) is 0 Å². The molecule has 1 fully saturated rings. The van der Waals surface area contributed by atoms with Crippen LogP contribution in [0, 0.1) is 0 Å². The molecule has 8 nitrogen and oxygen atoms in total. The lowest BCUT2D eigenvalue weighted by atomic mass is 10.00. The van der Waals surface area contributed by atoms with Gasteiger partial charge in [-0.3, -0.25) is 9.47 Å². The number of rotatable bonds is 8. The number of aromatic nitrogens is 3. The van der Waals surface area contributed by atoms with E-state index in [0.717, 1.165) is 80.6 Å². The van der Waals surface area contributed by atoms with Crippen molar-refractivity contribution in [2.75, 3.05) is 44.3 Å². The van der Waals surface area contributed by atoms with E-state index in [1.807, 2.05) is 36.9 Å². The average Bonchev–Trinajstić information content (AvgIpc) is 2.98. The van der Waals surface area contributed by atoms with Gasteiger partial charge < -0.3 is 5.32 Å². The number of hydrogen-bond donors (Lipinski definition) is 1. The minimum absolute atomic E-state index is 0.457. The summed E-state index contributed by atoms with van der Waals surface area (Å²) in [6.45, 7) is 4.11. The van der Waals surface area contributed by atoms with Gasteiger partial charge in [0, 0.05) is 46.0 Å². The van der Waals surface area contributed by atoms with E-state index in [2.05, 4.69) is 20.4 Å². The number of benzene rings is 1. The number of anilines is 1.